The van der Waals surface area contributed by atoms with Crippen LogP contribution in [0.3, 0.4) is 0 Å². The lowest BCUT2D eigenvalue weighted by Crippen LogP contribution is -1.98. The van der Waals surface area contributed by atoms with Crippen molar-refractivity contribution in [1.82, 2.24) is 0 Å². The Balaban J connectivity index is 0.00000127. The number of halogens is 1. The molecule has 0 spiro atoms. The molecule has 0 heterocycles. The molecule has 0 saturated heterocycles. The van der Waals surface area contributed by atoms with E-state index in [-0.39, 0.29) is 0 Å². The van der Waals surface area contributed by atoms with Crippen molar-refractivity contribution in [3.63, 3.8) is 0 Å². The van der Waals surface area contributed by atoms with Crippen molar-refractivity contribution in [1.29, 1.82) is 0 Å². The largest absolute Gasteiger partial charge is 0.215 e. The summed E-state index contributed by atoms with van der Waals surface area (Å²) >= 11 is 0. The number of hydrogen-bond donors (Lipinski definition) is 0. The first-order valence-corrected chi connectivity index (χ1v) is 8.91. The highest BCUT2D eigenvalue weighted by Gasteiger charge is 2.12. The first-order valence-electron chi connectivity index (χ1n) is 8.91. The van der Waals surface area contributed by atoms with Crippen LogP contribution in [0.4, 0.5) is 4.39 Å². The summed E-state index contributed by atoms with van der Waals surface area (Å²) in [6.45, 7) is 8.21. The molecule has 2 aliphatic rings. The van der Waals surface area contributed by atoms with E-state index in [2.05, 4.69) is 50.3 Å². The SMILES string of the molecule is C/C=C(\CC/C(=C/F)C1=CC=C(C)CC1)C1=CC=CCC1.CC. The Morgan fingerprint density at radius 3 is 2.22 bits per heavy atom. The van der Waals surface area contributed by atoms with Crippen molar-refractivity contribution in [2.24, 2.45) is 0 Å². The molecule has 0 aliphatic heterocycles. The van der Waals surface area contributed by atoms with Gasteiger partial charge in [-0.2, -0.15) is 0 Å². The highest BCUT2D eigenvalue weighted by molar-refractivity contribution is 5.40. The minimum atomic E-state index is 0.788. The molecule has 1 heteroatoms. The zero-order chi connectivity index (χ0) is 17.1. The normalized spacial score (nSPS) is 18.6. The van der Waals surface area contributed by atoms with E-state index in [4.69, 9.17) is 0 Å². The maximum absolute atomic E-state index is 13.3. The van der Waals surface area contributed by atoms with Gasteiger partial charge in [0.15, 0.2) is 0 Å². The van der Waals surface area contributed by atoms with E-state index in [1.807, 2.05) is 13.8 Å². The summed E-state index contributed by atoms with van der Waals surface area (Å²) < 4.78 is 13.3. The highest BCUT2D eigenvalue weighted by atomic mass is 19.1. The molecule has 2 rings (SSSR count). The molecule has 126 valence electrons. The van der Waals surface area contributed by atoms with Gasteiger partial charge >= 0.3 is 0 Å². The van der Waals surface area contributed by atoms with Crippen molar-refractivity contribution in [2.75, 3.05) is 0 Å². The first-order chi connectivity index (χ1) is 11.2. The maximum atomic E-state index is 13.3. The van der Waals surface area contributed by atoms with Gasteiger partial charge in [0.25, 0.3) is 0 Å². The lowest BCUT2D eigenvalue weighted by Gasteiger charge is -2.17. The lowest BCUT2D eigenvalue weighted by atomic mass is 9.88. The molecule has 0 unspecified atom stereocenters. The van der Waals surface area contributed by atoms with Gasteiger partial charge in [-0.25, -0.2) is 4.39 Å². The van der Waals surface area contributed by atoms with Crippen LogP contribution in [0, 0.1) is 0 Å². The van der Waals surface area contributed by atoms with Gasteiger partial charge in [0.05, 0.1) is 6.33 Å². The standard InChI is InChI=1S/C20H25F.C2H6/c1-3-17(18-7-5-4-6-8-18)13-14-20(15-21)19-11-9-16(2)10-12-19;1-2/h3-5,7,9,11,15H,6,8,10,12-14H2,1-2H3;1-2H3/b17-3+,20-15-;. The van der Waals surface area contributed by atoms with Crippen LogP contribution in [-0.2, 0) is 0 Å². The highest BCUT2D eigenvalue weighted by Crippen LogP contribution is 2.30. The predicted octanol–water partition coefficient (Wildman–Crippen LogP) is 7.54. The van der Waals surface area contributed by atoms with E-state index in [1.54, 1.807) is 0 Å². The number of allylic oxidation sites excluding steroid dienone is 11. The average molecular weight is 314 g/mol. The molecule has 0 aromatic carbocycles. The second kappa shape index (κ2) is 11.0. The lowest BCUT2D eigenvalue weighted by molar-refractivity contribution is 0.694. The fourth-order valence-corrected chi connectivity index (χ4v) is 2.92. The van der Waals surface area contributed by atoms with Crippen LogP contribution < -0.4 is 0 Å². The van der Waals surface area contributed by atoms with Crippen molar-refractivity contribution < 1.29 is 4.39 Å². The van der Waals surface area contributed by atoms with E-state index < -0.39 is 0 Å². The second-order valence-corrected chi connectivity index (χ2v) is 5.81. The molecule has 0 amide bonds. The molecular formula is C22H31F. The zero-order valence-corrected chi connectivity index (χ0v) is 15.2. The van der Waals surface area contributed by atoms with Crippen LogP contribution in [-0.4, -0.2) is 0 Å². The van der Waals surface area contributed by atoms with Gasteiger partial charge in [0.1, 0.15) is 0 Å². The van der Waals surface area contributed by atoms with E-state index >= 15 is 0 Å². The van der Waals surface area contributed by atoms with Crippen LogP contribution in [0.2, 0.25) is 0 Å². The summed E-state index contributed by atoms with van der Waals surface area (Å²) in [7, 11) is 0. The van der Waals surface area contributed by atoms with Crippen LogP contribution in [0.15, 0.2) is 70.7 Å². The minimum absolute atomic E-state index is 0.788. The summed E-state index contributed by atoms with van der Waals surface area (Å²) in [4.78, 5) is 0. The molecule has 0 aromatic rings. The average Bonchev–Trinajstić information content (AvgIpc) is 2.62. The molecule has 2 aliphatic carbocycles. The molecule has 0 radical (unpaired) electrons. The molecule has 0 atom stereocenters. The minimum Gasteiger partial charge on any atom is -0.215 e. The molecule has 0 N–H and O–H groups in total. The monoisotopic (exact) mass is 314 g/mol. The Kier molecular flexibility index (Phi) is 9.28. The summed E-state index contributed by atoms with van der Waals surface area (Å²) in [5, 5.41) is 0. The topological polar surface area (TPSA) is 0 Å². The van der Waals surface area contributed by atoms with Crippen molar-refractivity contribution in [2.45, 2.75) is 66.2 Å². The van der Waals surface area contributed by atoms with Crippen molar-refractivity contribution in [3.8, 4) is 0 Å². The third-order valence-corrected chi connectivity index (χ3v) is 4.34. The van der Waals surface area contributed by atoms with Gasteiger partial charge in [-0.1, -0.05) is 55.9 Å². The summed E-state index contributed by atoms with van der Waals surface area (Å²) in [5.41, 5.74) is 6.18. The quantitative estimate of drug-likeness (QED) is 0.492. The smallest absolute Gasteiger partial charge is 0.0901 e. The fraction of sp³-hybridized carbons (Fsp3) is 0.455. The molecule has 0 bridgehead atoms. The third kappa shape index (κ3) is 6.17. The fourth-order valence-electron chi connectivity index (χ4n) is 2.92. The van der Waals surface area contributed by atoms with Crippen LogP contribution in [0.1, 0.15) is 66.2 Å². The Morgan fingerprint density at radius 1 is 1.00 bits per heavy atom. The van der Waals surface area contributed by atoms with E-state index in [0.29, 0.717) is 0 Å². The van der Waals surface area contributed by atoms with Gasteiger partial charge in [-0.3, -0.25) is 0 Å². The zero-order valence-electron chi connectivity index (χ0n) is 15.2. The predicted molar refractivity (Wildman–Crippen MR) is 101 cm³/mol. The Hall–Kier alpha value is -1.63. The van der Waals surface area contributed by atoms with Gasteiger partial charge in [-0.05, 0) is 74.7 Å². The molecular weight excluding hydrogens is 283 g/mol. The van der Waals surface area contributed by atoms with Crippen LogP contribution >= 0.6 is 0 Å². The van der Waals surface area contributed by atoms with Crippen LogP contribution in [0.5, 0.6) is 0 Å². The van der Waals surface area contributed by atoms with Crippen LogP contribution in [0.25, 0.3) is 0 Å². The second-order valence-electron chi connectivity index (χ2n) is 5.81. The third-order valence-electron chi connectivity index (χ3n) is 4.34. The van der Waals surface area contributed by atoms with E-state index in [0.717, 1.165) is 56.0 Å². The summed E-state index contributed by atoms with van der Waals surface area (Å²) in [6.07, 6.45) is 19.7. The molecule has 23 heavy (non-hydrogen) atoms. The summed E-state index contributed by atoms with van der Waals surface area (Å²) in [6, 6.07) is 0. The van der Waals surface area contributed by atoms with E-state index in [1.165, 1.54) is 16.7 Å². The van der Waals surface area contributed by atoms with Gasteiger partial charge < -0.3 is 0 Å². The van der Waals surface area contributed by atoms with Gasteiger partial charge in [0, 0.05) is 0 Å². The van der Waals surface area contributed by atoms with Crippen molar-refractivity contribution >= 4 is 0 Å². The van der Waals surface area contributed by atoms with Crippen molar-refractivity contribution in [3.05, 3.63) is 70.7 Å². The first kappa shape index (κ1) is 19.4. The Labute approximate surface area is 141 Å². The molecule has 0 nitrogen and oxygen atoms in total. The van der Waals surface area contributed by atoms with E-state index in [9.17, 15) is 4.39 Å². The molecule has 0 fully saturated rings. The summed E-state index contributed by atoms with van der Waals surface area (Å²) in [5.74, 6) is 0. The molecule has 0 saturated carbocycles. The van der Waals surface area contributed by atoms with Gasteiger partial charge in [0.2, 0.25) is 0 Å². The number of hydrogen-bond acceptors (Lipinski definition) is 0. The maximum Gasteiger partial charge on any atom is 0.0901 e. The molecule has 0 aromatic heterocycles. The Morgan fingerprint density at radius 2 is 1.70 bits per heavy atom. The Bertz CT molecular complexity index is 551. The number of rotatable bonds is 5. The van der Waals surface area contributed by atoms with Gasteiger partial charge in [-0.15, -0.1) is 0 Å².